The highest BCUT2D eigenvalue weighted by atomic mass is 16.5. The second kappa shape index (κ2) is 4.91. The Kier molecular flexibility index (Phi) is 3.32. The fourth-order valence-electron chi connectivity index (χ4n) is 1.56. The van der Waals surface area contributed by atoms with Crippen LogP contribution in [0.15, 0.2) is 28.7 Å². The van der Waals surface area contributed by atoms with E-state index in [9.17, 15) is 4.79 Å². The molecule has 0 N–H and O–H groups in total. The number of methoxy groups -OCH3 is 2. The molecule has 18 heavy (non-hydrogen) atoms. The van der Waals surface area contributed by atoms with Gasteiger partial charge in [0.1, 0.15) is 11.5 Å². The van der Waals surface area contributed by atoms with Crippen molar-refractivity contribution in [1.29, 1.82) is 0 Å². The van der Waals surface area contributed by atoms with Crippen LogP contribution >= 0.6 is 0 Å². The third-order valence-electron chi connectivity index (χ3n) is 2.49. The highest BCUT2D eigenvalue weighted by Gasteiger charge is 2.18. The molecule has 2 rings (SSSR count). The third kappa shape index (κ3) is 2.20. The molecular formula is C13H13NO4. The van der Waals surface area contributed by atoms with Gasteiger partial charge >= 0.3 is 5.97 Å². The summed E-state index contributed by atoms with van der Waals surface area (Å²) in [6.07, 6.45) is 0. The van der Waals surface area contributed by atoms with Crippen LogP contribution in [0, 0.1) is 6.92 Å². The van der Waals surface area contributed by atoms with Crippen LogP contribution < -0.4 is 4.74 Å². The van der Waals surface area contributed by atoms with Gasteiger partial charge in [-0.15, -0.1) is 0 Å². The number of aromatic nitrogens is 1. The summed E-state index contributed by atoms with van der Waals surface area (Å²) in [6, 6.07) is 7.26. The molecule has 1 heterocycles. The van der Waals surface area contributed by atoms with Gasteiger partial charge in [0.2, 0.25) is 5.89 Å². The van der Waals surface area contributed by atoms with E-state index in [4.69, 9.17) is 9.15 Å². The number of hydrogen-bond donors (Lipinski definition) is 0. The van der Waals surface area contributed by atoms with Crippen LogP contribution in [0.3, 0.4) is 0 Å². The van der Waals surface area contributed by atoms with Gasteiger partial charge in [-0.25, -0.2) is 9.78 Å². The lowest BCUT2D eigenvalue weighted by Gasteiger charge is -2.00. The van der Waals surface area contributed by atoms with E-state index in [1.165, 1.54) is 7.11 Å². The Morgan fingerprint density at radius 2 is 2.11 bits per heavy atom. The molecule has 2 aromatic rings. The van der Waals surface area contributed by atoms with Gasteiger partial charge in [0.05, 0.1) is 14.2 Å². The number of hydrogen-bond acceptors (Lipinski definition) is 5. The number of rotatable bonds is 3. The molecule has 0 aliphatic carbocycles. The first-order valence-corrected chi connectivity index (χ1v) is 5.36. The topological polar surface area (TPSA) is 61.6 Å². The summed E-state index contributed by atoms with van der Waals surface area (Å²) in [4.78, 5) is 15.6. The standard InChI is InChI=1S/C13H13NO4/c1-8-11(13(15)17-3)14-12(18-8)9-5-4-6-10(7-9)16-2/h4-7H,1-3H3. The van der Waals surface area contributed by atoms with Crippen LogP contribution in [0.1, 0.15) is 16.2 Å². The summed E-state index contributed by atoms with van der Waals surface area (Å²) in [5.41, 5.74) is 0.933. The van der Waals surface area contributed by atoms with Crippen molar-refractivity contribution in [3.05, 3.63) is 35.7 Å². The van der Waals surface area contributed by atoms with Crippen molar-refractivity contribution in [1.82, 2.24) is 4.98 Å². The van der Waals surface area contributed by atoms with Gasteiger partial charge in [-0.2, -0.15) is 0 Å². The molecule has 1 aromatic carbocycles. The largest absolute Gasteiger partial charge is 0.497 e. The Hall–Kier alpha value is -2.30. The first-order chi connectivity index (χ1) is 8.65. The van der Waals surface area contributed by atoms with E-state index < -0.39 is 5.97 Å². The molecule has 0 fully saturated rings. The number of aryl methyl sites for hydroxylation is 1. The average Bonchev–Trinajstić information content (AvgIpc) is 2.80. The zero-order valence-corrected chi connectivity index (χ0v) is 10.4. The first-order valence-electron chi connectivity index (χ1n) is 5.36. The maximum Gasteiger partial charge on any atom is 0.360 e. The minimum atomic E-state index is -0.509. The highest BCUT2D eigenvalue weighted by Crippen LogP contribution is 2.25. The van der Waals surface area contributed by atoms with E-state index in [2.05, 4.69) is 9.72 Å². The van der Waals surface area contributed by atoms with Gasteiger partial charge in [0.25, 0.3) is 0 Å². The summed E-state index contributed by atoms with van der Waals surface area (Å²) in [6.45, 7) is 1.67. The van der Waals surface area contributed by atoms with E-state index in [1.54, 1.807) is 20.1 Å². The SMILES string of the molecule is COC(=O)c1nc(-c2cccc(OC)c2)oc1C. The molecule has 1 aromatic heterocycles. The number of benzene rings is 1. The molecule has 5 nitrogen and oxygen atoms in total. The highest BCUT2D eigenvalue weighted by molar-refractivity contribution is 5.88. The average molecular weight is 247 g/mol. The van der Waals surface area contributed by atoms with Gasteiger partial charge in [-0.1, -0.05) is 6.07 Å². The summed E-state index contributed by atoms with van der Waals surface area (Å²) >= 11 is 0. The molecule has 0 saturated carbocycles. The maximum absolute atomic E-state index is 11.4. The molecule has 0 saturated heterocycles. The Morgan fingerprint density at radius 1 is 1.33 bits per heavy atom. The van der Waals surface area contributed by atoms with Gasteiger partial charge in [0.15, 0.2) is 5.69 Å². The molecule has 0 aliphatic rings. The normalized spacial score (nSPS) is 10.2. The lowest BCUT2D eigenvalue weighted by molar-refractivity contribution is 0.0593. The number of carbonyl (C=O) groups excluding carboxylic acids is 1. The van der Waals surface area contributed by atoms with Crippen LogP contribution in [0.5, 0.6) is 5.75 Å². The Morgan fingerprint density at radius 3 is 2.78 bits per heavy atom. The monoisotopic (exact) mass is 247 g/mol. The molecule has 94 valence electrons. The van der Waals surface area contributed by atoms with E-state index in [1.807, 2.05) is 18.2 Å². The van der Waals surface area contributed by atoms with E-state index >= 15 is 0 Å². The van der Waals surface area contributed by atoms with E-state index in [0.717, 1.165) is 5.56 Å². The van der Waals surface area contributed by atoms with Gasteiger partial charge in [-0.05, 0) is 25.1 Å². The molecule has 0 atom stereocenters. The number of carbonyl (C=O) groups is 1. The quantitative estimate of drug-likeness (QED) is 0.779. The van der Waals surface area contributed by atoms with Crippen LogP contribution in [0.25, 0.3) is 11.5 Å². The predicted molar refractivity (Wildman–Crippen MR) is 64.6 cm³/mol. The van der Waals surface area contributed by atoms with Gasteiger partial charge in [0, 0.05) is 5.56 Å². The predicted octanol–water partition coefficient (Wildman–Crippen LogP) is 2.45. The van der Waals surface area contributed by atoms with Crippen molar-refractivity contribution in [3.8, 4) is 17.2 Å². The molecule has 0 unspecified atom stereocenters. The molecule has 0 radical (unpaired) electrons. The zero-order chi connectivity index (χ0) is 13.1. The number of oxazole rings is 1. The minimum Gasteiger partial charge on any atom is -0.497 e. The maximum atomic E-state index is 11.4. The Labute approximate surface area is 104 Å². The van der Waals surface area contributed by atoms with Gasteiger partial charge < -0.3 is 13.9 Å². The molecule has 0 spiro atoms. The van der Waals surface area contributed by atoms with E-state index in [-0.39, 0.29) is 5.69 Å². The molecule has 0 amide bonds. The van der Waals surface area contributed by atoms with Crippen molar-refractivity contribution >= 4 is 5.97 Å². The molecular weight excluding hydrogens is 234 g/mol. The number of esters is 1. The lowest BCUT2D eigenvalue weighted by atomic mass is 10.2. The van der Waals surface area contributed by atoms with Crippen molar-refractivity contribution in [3.63, 3.8) is 0 Å². The second-order valence-electron chi connectivity index (χ2n) is 3.65. The van der Waals surface area contributed by atoms with Crippen molar-refractivity contribution < 1.29 is 18.7 Å². The smallest absolute Gasteiger partial charge is 0.360 e. The summed E-state index contributed by atoms with van der Waals surface area (Å²) in [5.74, 6) is 0.986. The van der Waals surface area contributed by atoms with Crippen LogP contribution in [-0.2, 0) is 4.74 Å². The number of ether oxygens (including phenoxy) is 2. The fraction of sp³-hybridized carbons (Fsp3) is 0.231. The van der Waals surface area contributed by atoms with Crippen molar-refractivity contribution in [2.75, 3.05) is 14.2 Å². The molecule has 5 heteroatoms. The summed E-state index contributed by atoms with van der Waals surface area (Å²) in [7, 11) is 2.89. The number of nitrogens with zero attached hydrogens (tertiary/aromatic N) is 1. The van der Waals surface area contributed by atoms with Crippen LogP contribution in [-0.4, -0.2) is 25.2 Å². The van der Waals surface area contributed by atoms with E-state index in [0.29, 0.717) is 17.4 Å². The summed E-state index contributed by atoms with van der Waals surface area (Å²) < 4.78 is 15.2. The fourth-order valence-corrected chi connectivity index (χ4v) is 1.56. The minimum absolute atomic E-state index is 0.190. The molecule has 0 aliphatic heterocycles. The summed E-state index contributed by atoms with van der Waals surface area (Å²) in [5, 5.41) is 0. The zero-order valence-electron chi connectivity index (χ0n) is 10.4. The third-order valence-corrected chi connectivity index (χ3v) is 2.49. The Balaban J connectivity index is 2.42. The van der Waals surface area contributed by atoms with Gasteiger partial charge in [-0.3, -0.25) is 0 Å². The second-order valence-corrected chi connectivity index (χ2v) is 3.65. The Bertz CT molecular complexity index is 574. The molecule has 0 bridgehead atoms. The lowest BCUT2D eigenvalue weighted by Crippen LogP contribution is -2.03. The van der Waals surface area contributed by atoms with Crippen molar-refractivity contribution in [2.45, 2.75) is 6.92 Å². The van der Waals surface area contributed by atoms with Crippen LogP contribution in [0.2, 0.25) is 0 Å². The first kappa shape index (κ1) is 12.2. The van der Waals surface area contributed by atoms with Crippen LogP contribution in [0.4, 0.5) is 0 Å². The van der Waals surface area contributed by atoms with Crippen molar-refractivity contribution in [2.24, 2.45) is 0 Å².